The molecular weight excluding hydrogens is 414 g/mol. The van der Waals surface area contributed by atoms with Crippen LogP contribution in [-0.4, -0.2) is 61.7 Å². The van der Waals surface area contributed by atoms with Crippen molar-refractivity contribution in [3.63, 3.8) is 0 Å². The van der Waals surface area contributed by atoms with Crippen LogP contribution in [0.15, 0.2) is 54.7 Å². The molecule has 0 bridgehead atoms. The number of carbonyl (C=O) groups is 1. The summed E-state index contributed by atoms with van der Waals surface area (Å²) in [6, 6.07) is 16.0. The minimum Gasteiger partial charge on any atom is -0.352 e. The second kappa shape index (κ2) is 9.54. The maximum atomic E-state index is 12.5. The van der Waals surface area contributed by atoms with Crippen LogP contribution in [0.5, 0.6) is 0 Å². The van der Waals surface area contributed by atoms with Gasteiger partial charge in [0, 0.05) is 30.1 Å². The normalized spacial score (nSPS) is 16.8. The largest absolute Gasteiger partial charge is 0.352 e. The second-order valence-electron chi connectivity index (χ2n) is 8.70. The monoisotopic (exact) mass is 443 g/mol. The summed E-state index contributed by atoms with van der Waals surface area (Å²) >= 11 is 0. The van der Waals surface area contributed by atoms with E-state index in [1.54, 1.807) is 4.68 Å². The molecule has 0 aliphatic carbocycles. The van der Waals surface area contributed by atoms with Gasteiger partial charge in [-0.05, 0) is 63.1 Å². The van der Waals surface area contributed by atoms with E-state index in [0.29, 0.717) is 23.8 Å². The van der Waals surface area contributed by atoms with Crippen molar-refractivity contribution >= 4 is 16.8 Å². The summed E-state index contributed by atoms with van der Waals surface area (Å²) in [6.45, 7) is 5.21. The summed E-state index contributed by atoms with van der Waals surface area (Å²) in [5.74, 6) is -0.0458. The Morgan fingerprint density at radius 2 is 2.00 bits per heavy atom. The van der Waals surface area contributed by atoms with Crippen molar-refractivity contribution in [1.29, 1.82) is 0 Å². The first-order valence-corrected chi connectivity index (χ1v) is 11.7. The van der Waals surface area contributed by atoms with E-state index in [2.05, 4.69) is 37.6 Å². The van der Waals surface area contributed by atoms with Gasteiger partial charge in [0.1, 0.15) is 11.4 Å². The minimum atomic E-state index is -0.0458. The molecule has 0 radical (unpaired) electrons. The van der Waals surface area contributed by atoms with Crippen LogP contribution in [0.2, 0.25) is 0 Å². The summed E-state index contributed by atoms with van der Waals surface area (Å²) in [5, 5.41) is 20.0. The van der Waals surface area contributed by atoms with E-state index in [1.807, 2.05) is 54.7 Å². The Morgan fingerprint density at radius 3 is 2.85 bits per heavy atom. The topological polar surface area (TPSA) is 91.7 Å². The third-order valence-electron chi connectivity index (χ3n) is 6.45. The van der Waals surface area contributed by atoms with Crippen molar-refractivity contribution in [3.8, 4) is 17.1 Å². The molecule has 1 atom stereocenters. The lowest BCUT2D eigenvalue weighted by molar-refractivity contribution is 0.0949. The second-order valence-corrected chi connectivity index (χ2v) is 8.70. The van der Waals surface area contributed by atoms with Crippen LogP contribution in [0.25, 0.3) is 28.0 Å². The molecular formula is C25H29N7O. The number of aromatic nitrogens is 5. The number of rotatable bonds is 7. The highest BCUT2D eigenvalue weighted by atomic mass is 16.1. The molecule has 1 aliphatic heterocycles. The average Bonchev–Trinajstić information content (AvgIpc) is 3.50. The summed E-state index contributed by atoms with van der Waals surface area (Å²) in [6.07, 6.45) is 6.72. The highest BCUT2D eigenvalue weighted by Crippen LogP contribution is 2.24. The van der Waals surface area contributed by atoms with Gasteiger partial charge in [0.05, 0.1) is 17.4 Å². The number of nitrogens with one attached hydrogen (secondary N) is 2. The first-order chi connectivity index (χ1) is 16.2. The molecule has 1 amide bonds. The molecule has 1 fully saturated rings. The number of benzene rings is 2. The number of H-pyrrole nitrogens is 1. The van der Waals surface area contributed by atoms with Crippen LogP contribution in [0.3, 0.4) is 0 Å². The molecule has 2 aromatic heterocycles. The maximum absolute atomic E-state index is 12.5. The third-order valence-corrected chi connectivity index (χ3v) is 6.45. The fourth-order valence-electron chi connectivity index (χ4n) is 4.50. The summed E-state index contributed by atoms with van der Waals surface area (Å²) in [5.41, 5.74) is 3.90. The Bertz CT molecular complexity index is 1230. The van der Waals surface area contributed by atoms with Crippen molar-refractivity contribution in [3.05, 3.63) is 60.3 Å². The molecule has 8 heteroatoms. The lowest BCUT2D eigenvalue weighted by Gasteiger charge is -2.33. The Hall–Kier alpha value is -3.52. The fourth-order valence-corrected chi connectivity index (χ4v) is 4.50. The zero-order valence-electron chi connectivity index (χ0n) is 18.9. The SMILES string of the molecule is CC1CCCCN1CCCNC(=O)c1ccc(-n2cc(-c3n[nH]c4ccccc34)nn2)cc1. The Morgan fingerprint density at radius 1 is 1.15 bits per heavy atom. The minimum absolute atomic E-state index is 0.0458. The lowest BCUT2D eigenvalue weighted by atomic mass is 10.0. The number of piperidine rings is 1. The smallest absolute Gasteiger partial charge is 0.251 e. The number of nitrogens with zero attached hydrogens (tertiary/aromatic N) is 5. The number of carbonyl (C=O) groups excluding carboxylic acids is 1. The van der Waals surface area contributed by atoms with Gasteiger partial charge >= 0.3 is 0 Å². The Kier molecular flexibility index (Phi) is 6.17. The zero-order valence-corrected chi connectivity index (χ0v) is 18.9. The van der Waals surface area contributed by atoms with Gasteiger partial charge < -0.3 is 10.2 Å². The van der Waals surface area contributed by atoms with E-state index >= 15 is 0 Å². The van der Waals surface area contributed by atoms with Gasteiger partial charge in [0.2, 0.25) is 0 Å². The molecule has 170 valence electrons. The molecule has 2 aromatic carbocycles. The molecule has 1 unspecified atom stereocenters. The van der Waals surface area contributed by atoms with Gasteiger partial charge in [-0.3, -0.25) is 9.89 Å². The average molecular weight is 444 g/mol. The highest BCUT2D eigenvalue weighted by molar-refractivity contribution is 5.94. The van der Waals surface area contributed by atoms with E-state index in [-0.39, 0.29) is 5.91 Å². The van der Waals surface area contributed by atoms with Crippen molar-refractivity contribution in [2.24, 2.45) is 0 Å². The predicted molar refractivity (Wildman–Crippen MR) is 128 cm³/mol. The number of fused-ring (bicyclic) bond motifs is 1. The summed E-state index contributed by atoms with van der Waals surface area (Å²) < 4.78 is 1.69. The van der Waals surface area contributed by atoms with Crippen LogP contribution < -0.4 is 5.32 Å². The molecule has 0 spiro atoms. The molecule has 1 aliphatic rings. The van der Waals surface area contributed by atoms with Crippen molar-refractivity contribution < 1.29 is 4.79 Å². The van der Waals surface area contributed by atoms with Crippen LogP contribution in [0.4, 0.5) is 0 Å². The number of para-hydroxylation sites is 1. The number of aromatic amines is 1. The van der Waals surface area contributed by atoms with Crippen molar-refractivity contribution in [2.45, 2.75) is 38.6 Å². The number of amides is 1. The van der Waals surface area contributed by atoms with E-state index in [0.717, 1.165) is 35.2 Å². The molecule has 33 heavy (non-hydrogen) atoms. The summed E-state index contributed by atoms with van der Waals surface area (Å²) in [7, 11) is 0. The number of hydrogen-bond acceptors (Lipinski definition) is 5. The van der Waals surface area contributed by atoms with E-state index in [1.165, 1.54) is 25.8 Å². The van der Waals surface area contributed by atoms with Crippen molar-refractivity contribution in [1.82, 2.24) is 35.4 Å². The van der Waals surface area contributed by atoms with Crippen LogP contribution >= 0.6 is 0 Å². The van der Waals surface area contributed by atoms with Gasteiger partial charge in [0.15, 0.2) is 0 Å². The predicted octanol–water partition coefficient (Wildman–Crippen LogP) is 3.80. The molecule has 1 saturated heterocycles. The molecule has 8 nitrogen and oxygen atoms in total. The van der Waals surface area contributed by atoms with Gasteiger partial charge in [0.25, 0.3) is 5.91 Å². The third kappa shape index (κ3) is 4.66. The Balaban J connectivity index is 1.18. The van der Waals surface area contributed by atoms with Crippen LogP contribution in [0.1, 0.15) is 43.0 Å². The number of likely N-dealkylation sites (tertiary alicyclic amines) is 1. The van der Waals surface area contributed by atoms with Crippen LogP contribution in [0, 0.1) is 0 Å². The van der Waals surface area contributed by atoms with Crippen molar-refractivity contribution in [2.75, 3.05) is 19.6 Å². The van der Waals surface area contributed by atoms with E-state index in [9.17, 15) is 4.79 Å². The first kappa shape index (κ1) is 21.3. The molecule has 0 saturated carbocycles. The van der Waals surface area contributed by atoms with Crippen LogP contribution in [-0.2, 0) is 0 Å². The fraction of sp³-hybridized carbons (Fsp3) is 0.360. The zero-order chi connectivity index (χ0) is 22.6. The molecule has 5 rings (SSSR count). The van der Waals surface area contributed by atoms with Gasteiger partial charge in [-0.1, -0.05) is 29.8 Å². The standard InChI is InChI=1S/C25H29N7O/c1-18-7-4-5-15-31(18)16-6-14-26-25(33)19-10-12-20(13-11-19)32-17-23(28-30-32)24-21-8-2-3-9-22(21)27-29-24/h2-3,8-13,17-18H,4-7,14-16H2,1H3,(H,26,33)(H,27,29). The van der Waals surface area contributed by atoms with E-state index < -0.39 is 0 Å². The lowest BCUT2D eigenvalue weighted by Crippen LogP contribution is -2.39. The summed E-state index contributed by atoms with van der Waals surface area (Å²) in [4.78, 5) is 15.1. The molecule has 4 aromatic rings. The quantitative estimate of drug-likeness (QED) is 0.424. The van der Waals surface area contributed by atoms with Gasteiger partial charge in [-0.25, -0.2) is 4.68 Å². The van der Waals surface area contributed by atoms with Gasteiger partial charge in [-0.15, -0.1) is 5.10 Å². The van der Waals surface area contributed by atoms with Gasteiger partial charge in [-0.2, -0.15) is 5.10 Å². The number of hydrogen-bond donors (Lipinski definition) is 2. The Labute approximate surface area is 193 Å². The molecule has 3 heterocycles. The first-order valence-electron chi connectivity index (χ1n) is 11.7. The van der Waals surface area contributed by atoms with E-state index in [4.69, 9.17) is 0 Å². The highest BCUT2D eigenvalue weighted by Gasteiger charge is 2.17. The maximum Gasteiger partial charge on any atom is 0.251 e. The molecule has 2 N–H and O–H groups in total.